The van der Waals surface area contributed by atoms with Crippen molar-refractivity contribution in [2.45, 2.75) is 19.9 Å². The molecule has 1 aliphatic heterocycles. The summed E-state index contributed by atoms with van der Waals surface area (Å²) in [7, 11) is 0. The Bertz CT molecular complexity index is 178. The molecule has 1 rings (SSSR count). The third kappa shape index (κ3) is 2.42. The summed E-state index contributed by atoms with van der Waals surface area (Å²) in [5, 5.41) is 11.9. The van der Waals surface area contributed by atoms with Gasteiger partial charge in [0.2, 0.25) is 5.91 Å². The smallest absolute Gasteiger partial charge is 0.228 e. The van der Waals surface area contributed by atoms with Gasteiger partial charge in [0.1, 0.15) is 0 Å². The van der Waals surface area contributed by atoms with Crippen molar-refractivity contribution in [2.75, 3.05) is 26.2 Å². The van der Waals surface area contributed by atoms with Gasteiger partial charge in [0.15, 0.2) is 0 Å². The van der Waals surface area contributed by atoms with Crippen LogP contribution >= 0.6 is 0 Å². The minimum atomic E-state index is 0.0457. The minimum Gasteiger partial charge on any atom is -0.395 e. The molecule has 0 saturated carbocycles. The van der Waals surface area contributed by atoms with E-state index in [1.165, 1.54) is 0 Å². The quantitative estimate of drug-likeness (QED) is 0.618. The van der Waals surface area contributed by atoms with E-state index in [9.17, 15) is 4.79 Å². The maximum Gasteiger partial charge on any atom is 0.228 e. The van der Waals surface area contributed by atoms with Crippen LogP contribution in [0, 0.1) is 5.92 Å². The molecule has 4 nitrogen and oxygen atoms in total. The van der Waals surface area contributed by atoms with Crippen LogP contribution in [0.2, 0.25) is 0 Å². The highest BCUT2D eigenvalue weighted by Gasteiger charge is 2.29. The van der Waals surface area contributed by atoms with Crippen molar-refractivity contribution < 1.29 is 9.90 Å². The summed E-state index contributed by atoms with van der Waals surface area (Å²) in [4.78, 5) is 13.5. The Morgan fingerprint density at radius 2 is 2.23 bits per heavy atom. The molecule has 2 N–H and O–H groups in total. The molecule has 0 aromatic rings. The van der Waals surface area contributed by atoms with Crippen LogP contribution in [-0.2, 0) is 4.79 Å². The fourth-order valence-electron chi connectivity index (χ4n) is 1.43. The fraction of sp³-hybridized carbons (Fsp3) is 0.889. The summed E-state index contributed by atoms with van der Waals surface area (Å²) in [5.74, 6) is 0.303. The highest BCUT2D eigenvalue weighted by atomic mass is 16.3. The average Bonchev–Trinajstić information content (AvgIpc) is 1.95. The van der Waals surface area contributed by atoms with Crippen LogP contribution in [0.4, 0.5) is 0 Å². The van der Waals surface area contributed by atoms with Gasteiger partial charge in [-0.15, -0.1) is 0 Å². The number of aliphatic hydroxyl groups excluding tert-OH is 1. The van der Waals surface area contributed by atoms with Gasteiger partial charge in [-0.1, -0.05) is 0 Å². The summed E-state index contributed by atoms with van der Waals surface area (Å²) in [6.45, 7) is 6.01. The van der Waals surface area contributed by atoms with Gasteiger partial charge in [-0.3, -0.25) is 4.79 Å². The molecule has 1 aliphatic rings. The number of nitrogens with one attached hydrogen (secondary N) is 1. The van der Waals surface area contributed by atoms with Gasteiger partial charge in [0, 0.05) is 25.7 Å². The highest BCUT2D eigenvalue weighted by Crippen LogP contribution is 2.10. The number of carbonyl (C=O) groups is 1. The van der Waals surface area contributed by atoms with Crippen LogP contribution in [0.1, 0.15) is 13.8 Å². The number of aliphatic hydroxyl groups is 1. The average molecular weight is 186 g/mol. The lowest BCUT2D eigenvalue weighted by molar-refractivity contribution is -0.139. The first-order valence-electron chi connectivity index (χ1n) is 4.79. The Labute approximate surface area is 78.9 Å². The van der Waals surface area contributed by atoms with E-state index in [-0.39, 0.29) is 24.5 Å². The van der Waals surface area contributed by atoms with Gasteiger partial charge < -0.3 is 15.3 Å². The van der Waals surface area contributed by atoms with Gasteiger partial charge in [-0.05, 0) is 13.8 Å². The van der Waals surface area contributed by atoms with E-state index in [2.05, 4.69) is 5.32 Å². The maximum absolute atomic E-state index is 11.7. The Morgan fingerprint density at radius 1 is 1.62 bits per heavy atom. The molecular weight excluding hydrogens is 168 g/mol. The topological polar surface area (TPSA) is 52.6 Å². The van der Waals surface area contributed by atoms with Gasteiger partial charge in [-0.2, -0.15) is 0 Å². The van der Waals surface area contributed by atoms with Gasteiger partial charge >= 0.3 is 0 Å². The molecule has 1 heterocycles. The predicted molar refractivity (Wildman–Crippen MR) is 50.3 cm³/mol. The molecule has 0 bridgehead atoms. The third-order valence-corrected chi connectivity index (χ3v) is 2.38. The van der Waals surface area contributed by atoms with Crippen molar-refractivity contribution >= 4 is 5.91 Å². The lowest BCUT2D eigenvalue weighted by Crippen LogP contribution is -2.54. The van der Waals surface area contributed by atoms with Crippen molar-refractivity contribution in [1.82, 2.24) is 10.2 Å². The summed E-state index contributed by atoms with van der Waals surface area (Å²) in [6.07, 6.45) is 0. The van der Waals surface area contributed by atoms with Crippen LogP contribution in [0.15, 0.2) is 0 Å². The summed E-state index contributed by atoms with van der Waals surface area (Å²) >= 11 is 0. The summed E-state index contributed by atoms with van der Waals surface area (Å²) < 4.78 is 0. The van der Waals surface area contributed by atoms with Crippen molar-refractivity contribution in [3.05, 3.63) is 0 Å². The van der Waals surface area contributed by atoms with Crippen molar-refractivity contribution in [3.8, 4) is 0 Å². The molecule has 4 heteroatoms. The largest absolute Gasteiger partial charge is 0.395 e. The molecule has 0 aliphatic carbocycles. The molecule has 0 atom stereocenters. The first-order chi connectivity index (χ1) is 6.16. The lowest BCUT2D eigenvalue weighted by Gasteiger charge is -2.34. The zero-order valence-corrected chi connectivity index (χ0v) is 8.29. The molecule has 1 fully saturated rings. The van der Waals surface area contributed by atoms with Crippen LogP contribution in [0.3, 0.4) is 0 Å². The van der Waals surface area contributed by atoms with E-state index < -0.39 is 0 Å². The Kier molecular flexibility index (Phi) is 3.69. The molecule has 1 saturated heterocycles. The van der Waals surface area contributed by atoms with Crippen LogP contribution in [0.5, 0.6) is 0 Å². The Balaban J connectivity index is 2.47. The minimum absolute atomic E-state index is 0.0457. The fourth-order valence-corrected chi connectivity index (χ4v) is 1.43. The van der Waals surface area contributed by atoms with E-state index >= 15 is 0 Å². The maximum atomic E-state index is 11.7. The molecule has 13 heavy (non-hydrogen) atoms. The summed E-state index contributed by atoms with van der Waals surface area (Å²) in [6, 6.07) is 0.181. The summed E-state index contributed by atoms with van der Waals surface area (Å²) in [5.41, 5.74) is 0. The van der Waals surface area contributed by atoms with E-state index in [0.717, 1.165) is 13.1 Å². The Hall–Kier alpha value is -0.610. The first-order valence-corrected chi connectivity index (χ1v) is 4.79. The number of hydrogen-bond donors (Lipinski definition) is 2. The molecule has 0 spiro atoms. The van der Waals surface area contributed by atoms with Crippen molar-refractivity contribution in [1.29, 1.82) is 0 Å². The van der Waals surface area contributed by atoms with E-state index in [4.69, 9.17) is 5.11 Å². The standard InChI is InChI=1S/C9H18N2O2/c1-7(2)11(3-4-12)9(13)8-5-10-6-8/h7-8,10,12H,3-6H2,1-2H3. The number of nitrogens with zero attached hydrogens (tertiary/aromatic N) is 1. The molecule has 0 aromatic heterocycles. The van der Waals surface area contributed by atoms with Crippen LogP contribution < -0.4 is 5.32 Å². The van der Waals surface area contributed by atoms with Crippen molar-refractivity contribution in [2.24, 2.45) is 5.92 Å². The predicted octanol–water partition coefficient (Wildman–Crippen LogP) is -0.565. The highest BCUT2D eigenvalue weighted by molar-refractivity contribution is 5.80. The second kappa shape index (κ2) is 4.58. The molecular formula is C9H18N2O2. The van der Waals surface area contributed by atoms with Gasteiger partial charge in [0.05, 0.1) is 12.5 Å². The van der Waals surface area contributed by atoms with Crippen molar-refractivity contribution in [3.63, 3.8) is 0 Å². The number of hydrogen-bond acceptors (Lipinski definition) is 3. The first kappa shape index (κ1) is 10.5. The third-order valence-electron chi connectivity index (χ3n) is 2.38. The lowest BCUT2D eigenvalue weighted by atomic mass is 10.0. The second-order valence-electron chi connectivity index (χ2n) is 3.70. The number of amides is 1. The molecule has 1 amide bonds. The SMILES string of the molecule is CC(C)N(CCO)C(=O)C1CNC1. The van der Waals surface area contributed by atoms with E-state index in [0.29, 0.717) is 6.54 Å². The second-order valence-corrected chi connectivity index (χ2v) is 3.70. The van der Waals surface area contributed by atoms with Crippen LogP contribution in [0.25, 0.3) is 0 Å². The van der Waals surface area contributed by atoms with Crippen LogP contribution in [-0.4, -0.2) is 48.2 Å². The van der Waals surface area contributed by atoms with E-state index in [1.54, 1.807) is 4.90 Å². The van der Waals surface area contributed by atoms with Gasteiger partial charge in [-0.25, -0.2) is 0 Å². The van der Waals surface area contributed by atoms with E-state index in [1.807, 2.05) is 13.8 Å². The molecule has 76 valence electrons. The molecule has 0 unspecified atom stereocenters. The molecule has 0 radical (unpaired) electrons. The number of carbonyl (C=O) groups excluding carboxylic acids is 1. The molecule has 0 aromatic carbocycles. The zero-order chi connectivity index (χ0) is 9.84. The van der Waals surface area contributed by atoms with Gasteiger partial charge in [0.25, 0.3) is 0 Å². The Morgan fingerprint density at radius 3 is 2.54 bits per heavy atom. The monoisotopic (exact) mass is 186 g/mol. The number of rotatable bonds is 4. The normalized spacial score (nSPS) is 17.2. The zero-order valence-electron chi connectivity index (χ0n) is 8.29.